The van der Waals surface area contributed by atoms with Crippen LogP contribution >= 0.6 is 11.3 Å². The molecule has 1 aromatic heterocycles. The Morgan fingerprint density at radius 1 is 1.24 bits per heavy atom. The number of non-ortho nitro benzene ring substituents is 1. The molecule has 0 amide bonds. The summed E-state index contributed by atoms with van der Waals surface area (Å²) in [5.41, 5.74) is 0.425. The molecule has 0 atom stereocenters. The van der Waals surface area contributed by atoms with Gasteiger partial charge in [-0.05, 0) is 23.6 Å². The number of benzene rings is 1. The molecule has 2 rings (SSSR count). The maximum Gasteiger partial charge on any atom is 0.344 e. The average molecular weight is 249 g/mol. The van der Waals surface area contributed by atoms with Crippen molar-refractivity contribution in [3.8, 4) is 5.75 Å². The Morgan fingerprint density at radius 3 is 2.47 bits per heavy atom. The van der Waals surface area contributed by atoms with E-state index < -0.39 is 10.9 Å². The molecule has 0 fully saturated rings. The number of thiophene rings is 1. The van der Waals surface area contributed by atoms with Crippen LogP contribution in [0.25, 0.3) is 0 Å². The summed E-state index contributed by atoms with van der Waals surface area (Å²) >= 11 is 1.39. The third-order valence-corrected chi connectivity index (χ3v) is 2.70. The second kappa shape index (κ2) is 4.75. The predicted molar refractivity (Wildman–Crippen MR) is 62.4 cm³/mol. The molecule has 0 saturated carbocycles. The van der Waals surface area contributed by atoms with Crippen molar-refractivity contribution in [1.82, 2.24) is 0 Å². The second-order valence-corrected chi connectivity index (χ2v) is 3.93. The molecular formula is C11H7NO4S. The third kappa shape index (κ3) is 2.67. The van der Waals surface area contributed by atoms with E-state index in [-0.39, 0.29) is 11.4 Å². The molecule has 0 N–H and O–H groups in total. The van der Waals surface area contributed by atoms with Crippen LogP contribution in [0.3, 0.4) is 0 Å². The van der Waals surface area contributed by atoms with Crippen LogP contribution in [0, 0.1) is 10.1 Å². The Hall–Kier alpha value is -2.21. The summed E-state index contributed by atoms with van der Waals surface area (Å²) in [6.07, 6.45) is 0. The highest BCUT2D eigenvalue weighted by atomic mass is 32.1. The molecule has 0 unspecified atom stereocenters. The number of ether oxygens (including phenoxy) is 1. The topological polar surface area (TPSA) is 69.4 Å². The van der Waals surface area contributed by atoms with Gasteiger partial charge in [-0.1, -0.05) is 0 Å². The van der Waals surface area contributed by atoms with Gasteiger partial charge in [0.1, 0.15) is 5.75 Å². The highest BCUT2D eigenvalue weighted by Gasteiger charge is 2.10. The average Bonchev–Trinajstić information content (AvgIpc) is 2.83. The summed E-state index contributed by atoms with van der Waals surface area (Å²) in [4.78, 5) is 21.5. The van der Waals surface area contributed by atoms with E-state index in [0.717, 1.165) is 0 Å². The van der Waals surface area contributed by atoms with Crippen LogP contribution in [0.5, 0.6) is 5.75 Å². The van der Waals surface area contributed by atoms with Gasteiger partial charge in [0.15, 0.2) is 0 Å². The van der Waals surface area contributed by atoms with Crippen LogP contribution < -0.4 is 4.74 Å². The zero-order valence-electron chi connectivity index (χ0n) is 8.53. The number of hydrogen-bond acceptors (Lipinski definition) is 5. The van der Waals surface area contributed by atoms with Crippen molar-refractivity contribution in [1.29, 1.82) is 0 Å². The summed E-state index contributed by atoms with van der Waals surface area (Å²) in [5, 5.41) is 13.9. The van der Waals surface area contributed by atoms with E-state index in [1.54, 1.807) is 16.8 Å². The lowest BCUT2D eigenvalue weighted by molar-refractivity contribution is -0.384. The number of esters is 1. The standard InChI is InChI=1S/C11H7NO4S/c13-11(8-5-6-17-7-8)16-10-3-1-9(2-4-10)12(14)15/h1-7H. The van der Waals surface area contributed by atoms with Gasteiger partial charge in [-0.3, -0.25) is 10.1 Å². The van der Waals surface area contributed by atoms with E-state index in [0.29, 0.717) is 5.56 Å². The Labute approximate surface area is 100 Å². The van der Waals surface area contributed by atoms with E-state index in [4.69, 9.17) is 4.74 Å². The number of nitrogens with zero attached hydrogens (tertiary/aromatic N) is 1. The SMILES string of the molecule is O=C(Oc1ccc([N+](=O)[O-])cc1)c1ccsc1. The fourth-order valence-electron chi connectivity index (χ4n) is 1.18. The van der Waals surface area contributed by atoms with Crippen molar-refractivity contribution in [3.05, 3.63) is 56.8 Å². The normalized spacial score (nSPS) is 9.88. The lowest BCUT2D eigenvalue weighted by Gasteiger charge is -2.01. The summed E-state index contributed by atoms with van der Waals surface area (Å²) in [6.45, 7) is 0. The molecule has 2 aromatic rings. The van der Waals surface area contributed by atoms with Crippen LogP contribution in [0.4, 0.5) is 5.69 Å². The fraction of sp³-hybridized carbons (Fsp3) is 0. The first-order chi connectivity index (χ1) is 8.16. The van der Waals surface area contributed by atoms with Crippen LogP contribution in [0.2, 0.25) is 0 Å². The van der Waals surface area contributed by atoms with Gasteiger partial charge >= 0.3 is 5.97 Å². The minimum Gasteiger partial charge on any atom is -0.423 e. The molecule has 0 aliphatic rings. The molecule has 17 heavy (non-hydrogen) atoms. The number of nitro benzene ring substituents is 1. The van der Waals surface area contributed by atoms with E-state index in [2.05, 4.69) is 0 Å². The first-order valence-electron chi connectivity index (χ1n) is 4.65. The summed E-state index contributed by atoms with van der Waals surface area (Å²) in [7, 11) is 0. The Kier molecular flexibility index (Phi) is 3.15. The molecule has 0 aliphatic heterocycles. The van der Waals surface area contributed by atoms with Crippen molar-refractivity contribution in [3.63, 3.8) is 0 Å². The van der Waals surface area contributed by atoms with Crippen molar-refractivity contribution in [2.75, 3.05) is 0 Å². The third-order valence-electron chi connectivity index (χ3n) is 2.01. The molecule has 1 heterocycles. The molecule has 0 spiro atoms. The van der Waals surface area contributed by atoms with Gasteiger partial charge in [-0.15, -0.1) is 0 Å². The first kappa shape index (κ1) is 11.3. The summed E-state index contributed by atoms with van der Waals surface area (Å²) in [5.74, 6) is -0.188. The maximum atomic E-state index is 11.5. The first-order valence-corrected chi connectivity index (χ1v) is 5.60. The van der Waals surface area contributed by atoms with Crippen LogP contribution in [0.15, 0.2) is 41.1 Å². The van der Waals surface area contributed by atoms with Crippen LogP contribution in [0.1, 0.15) is 10.4 Å². The second-order valence-electron chi connectivity index (χ2n) is 3.15. The Morgan fingerprint density at radius 2 is 1.94 bits per heavy atom. The zero-order chi connectivity index (χ0) is 12.3. The lowest BCUT2D eigenvalue weighted by Crippen LogP contribution is -2.06. The van der Waals surface area contributed by atoms with Gasteiger partial charge in [0.2, 0.25) is 0 Å². The van der Waals surface area contributed by atoms with Gasteiger partial charge in [-0.25, -0.2) is 4.79 Å². The Balaban J connectivity index is 2.09. The molecule has 0 bridgehead atoms. The van der Waals surface area contributed by atoms with Crippen molar-refractivity contribution in [2.24, 2.45) is 0 Å². The zero-order valence-corrected chi connectivity index (χ0v) is 9.35. The monoisotopic (exact) mass is 249 g/mol. The van der Waals surface area contributed by atoms with Crippen molar-refractivity contribution < 1.29 is 14.5 Å². The summed E-state index contributed by atoms with van der Waals surface area (Å²) < 4.78 is 5.04. The highest BCUT2D eigenvalue weighted by molar-refractivity contribution is 7.08. The number of nitro groups is 1. The molecule has 0 saturated heterocycles. The fourth-order valence-corrected chi connectivity index (χ4v) is 1.81. The molecule has 86 valence electrons. The maximum absolute atomic E-state index is 11.5. The quantitative estimate of drug-likeness (QED) is 0.363. The largest absolute Gasteiger partial charge is 0.423 e. The molecule has 0 radical (unpaired) electrons. The smallest absolute Gasteiger partial charge is 0.344 e. The number of carbonyl (C=O) groups is 1. The molecular weight excluding hydrogens is 242 g/mol. The van der Waals surface area contributed by atoms with Crippen molar-refractivity contribution >= 4 is 23.0 Å². The van der Waals surface area contributed by atoms with Gasteiger partial charge in [0.25, 0.3) is 5.69 Å². The van der Waals surface area contributed by atoms with E-state index in [9.17, 15) is 14.9 Å². The van der Waals surface area contributed by atoms with Crippen LogP contribution in [-0.2, 0) is 0 Å². The molecule has 5 nitrogen and oxygen atoms in total. The minimum absolute atomic E-state index is 0.0414. The van der Waals surface area contributed by atoms with Gasteiger partial charge < -0.3 is 4.74 Å². The highest BCUT2D eigenvalue weighted by Crippen LogP contribution is 2.18. The van der Waals surface area contributed by atoms with E-state index in [1.165, 1.54) is 35.6 Å². The van der Waals surface area contributed by atoms with Gasteiger partial charge in [0.05, 0.1) is 10.5 Å². The lowest BCUT2D eigenvalue weighted by atomic mass is 10.3. The molecule has 1 aromatic carbocycles. The van der Waals surface area contributed by atoms with Gasteiger partial charge in [-0.2, -0.15) is 11.3 Å². The molecule has 6 heteroatoms. The van der Waals surface area contributed by atoms with E-state index >= 15 is 0 Å². The number of rotatable bonds is 3. The number of hydrogen-bond donors (Lipinski definition) is 0. The summed E-state index contributed by atoms with van der Waals surface area (Å²) in [6, 6.07) is 7.01. The predicted octanol–water partition coefficient (Wildman–Crippen LogP) is 2.88. The Bertz CT molecular complexity index is 533. The van der Waals surface area contributed by atoms with Gasteiger partial charge in [0, 0.05) is 17.5 Å². The van der Waals surface area contributed by atoms with Crippen LogP contribution in [-0.4, -0.2) is 10.9 Å². The van der Waals surface area contributed by atoms with Crippen molar-refractivity contribution in [2.45, 2.75) is 0 Å². The molecule has 0 aliphatic carbocycles. The number of carbonyl (C=O) groups excluding carboxylic acids is 1. The van der Waals surface area contributed by atoms with E-state index in [1.807, 2.05) is 0 Å². The minimum atomic E-state index is -0.509.